The highest BCUT2D eigenvalue weighted by atomic mass is 32.1. The molecule has 1 aromatic heterocycles. The smallest absolute Gasteiger partial charge is 0.223 e. The highest BCUT2D eigenvalue weighted by Crippen LogP contribution is 2.34. The third-order valence-electron chi connectivity index (χ3n) is 3.57. The summed E-state index contributed by atoms with van der Waals surface area (Å²) in [5.74, 6) is 0.508. The molecule has 0 N–H and O–H groups in total. The van der Waals surface area contributed by atoms with Gasteiger partial charge in [0, 0.05) is 13.0 Å². The minimum absolute atomic E-state index is 0.0490. The van der Waals surface area contributed by atoms with E-state index in [4.69, 9.17) is 0 Å². The maximum Gasteiger partial charge on any atom is 0.223 e. The van der Waals surface area contributed by atoms with Gasteiger partial charge in [0.05, 0.1) is 11.4 Å². The predicted octanol–water partition coefficient (Wildman–Crippen LogP) is 2.83. The summed E-state index contributed by atoms with van der Waals surface area (Å²) in [6.07, 6.45) is 0.571. The monoisotopic (exact) mass is 265 g/mol. The first-order valence-electron chi connectivity index (χ1n) is 6.22. The molecule has 1 amide bonds. The number of amides is 1. The predicted molar refractivity (Wildman–Crippen MR) is 72.8 cm³/mol. The number of thiophene rings is 1. The van der Waals surface area contributed by atoms with E-state index in [1.165, 1.54) is 11.3 Å². The quantitative estimate of drug-likeness (QED) is 0.788. The molecule has 0 bridgehead atoms. The Balaban J connectivity index is 1.99. The molecule has 0 saturated carbocycles. The summed E-state index contributed by atoms with van der Waals surface area (Å²) in [4.78, 5) is 26.3. The largest absolute Gasteiger partial charge is 0.335 e. The zero-order chi connectivity index (χ0) is 13.3. The molecule has 2 rings (SSSR count). The van der Waals surface area contributed by atoms with Gasteiger partial charge >= 0.3 is 0 Å². The summed E-state index contributed by atoms with van der Waals surface area (Å²) in [5.41, 5.74) is 0.121. The summed E-state index contributed by atoms with van der Waals surface area (Å²) in [6, 6.07) is 3.68. The molecule has 1 fully saturated rings. The number of rotatable bonds is 3. The Kier molecular flexibility index (Phi) is 3.57. The zero-order valence-electron chi connectivity index (χ0n) is 11.1. The van der Waals surface area contributed by atoms with E-state index in [0.29, 0.717) is 18.9 Å². The van der Waals surface area contributed by atoms with Gasteiger partial charge in [-0.05, 0) is 22.8 Å². The molecule has 1 aromatic rings. The van der Waals surface area contributed by atoms with Crippen LogP contribution in [0.3, 0.4) is 0 Å². The molecule has 0 aliphatic carbocycles. The van der Waals surface area contributed by atoms with Crippen LogP contribution in [0.1, 0.15) is 36.9 Å². The van der Waals surface area contributed by atoms with Crippen molar-refractivity contribution in [3.05, 3.63) is 22.4 Å². The van der Waals surface area contributed by atoms with Crippen LogP contribution in [0.2, 0.25) is 0 Å². The van der Waals surface area contributed by atoms with E-state index in [-0.39, 0.29) is 23.7 Å². The SMILES string of the molecule is CC(C)(C)C1CC(=O)N(CC(=O)c2cccs2)C1. The minimum Gasteiger partial charge on any atom is -0.335 e. The van der Waals surface area contributed by atoms with Gasteiger partial charge in [-0.25, -0.2) is 0 Å². The molecule has 1 unspecified atom stereocenters. The second-order valence-corrected chi connectivity index (χ2v) is 6.89. The molecule has 0 spiro atoms. The Bertz CT molecular complexity index is 445. The van der Waals surface area contributed by atoms with Gasteiger partial charge in [0.2, 0.25) is 5.91 Å². The summed E-state index contributed by atoms with van der Waals surface area (Å²) >= 11 is 1.43. The first-order valence-corrected chi connectivity index (χ1v) is 7.10. The topological polar surface area (TPSA) is 37.4 Å². The average molecular weight is 265 g/mol. The van der Waals surface area contributed by atoms with Crippen molar-refractivity contribution in [2.75, 3.05) is 13.1 Å². The van der Waals surface area contributed by atoms with Crippen molar-refractivity contribution in [3.63, 3.8) is 0 Å². The molecular weight excluding hydrogens is 246 g/mol. The molecule has 1 aliphatic rings. The van der Waals surface area contributed by atoms with Crippen LogP contribution in [0.25, 0.3) is 0 Å². The maximum absolute atomic E-state index is 12.0. The number of hydrogen-bond acceptors (Lipinski definition) is 3. The van der Waals surface area contributed by atoms with Crippen molar-refractivity contribution in [2.45, 2.75) is 27.2 Å². The summed E-state index contributed by atoms with van der Waals surface area (Å²) in [6.45, 7) is 7.38. The number of nitrogens with zero attached hydrogens (tertiary/aromatic N) is 1. The number of hydrogen-bond donors (Lipinski definition) is 0. The molecule has 1 atom stereocenters. The molecule has 18 heavy (non-hydrogen) atoms. The van der Waals surface area contributed by atoms with Crippen LogP contribution in [-0.2, 0) is 4.79 Å². The van der Waals surface area contributed by atoms with Crippen LogP contribution in [0, 0.1) is 11.3 Å². The lowest BCUT2D eigenvalue weighted by Gasteiger charge is -2.26. The van der Waals surface area contributed by atoms with Gasteiger partial charge in [0.15, 0.2) is 5.78 Å². The Morgan fingerprint density at radius 1 is 1.50 bits per heavy atom. The number of carbonyl (C=O) groups is 2. The van der Waals surface area contributed by atoms with E-state index in [2.05, 4.69) is 20.8 Å². The highest BCUT2D eigenvalue weighted by Gasteiger charge is 2.37. The highest BCUT2D eigenvalue weighted by molar-refractivity contribution is 7.12. The first-order chi connectivity index (χ1) is 8.38. The van der Waals surface area contributed by atoms with E-state index in [1.807, 2.05) is 17.5 Å². The van der Waals surface area contributed by atoms with Crippen molar-refractivity contribution in [1.82, 2.24) is 4.90 Å². The normalized spacial score (nSPS) is 20.5. The number of carbonyl (C=O) groups excluding carboxylic acids is 2. The van der Waals surface area contributed by atoms with Gasteiger partial charge in [-0.3, -0.25) is 9.59 Å². The molecule has 98 valence electrons. The lowest BCUT2D eigenvalue weighted by atomic mass is 9.80. The first kappa shape index (κ1) is 13.3. The third-order valence-corrected chi connectivity index (χ3v) is 4.48. The molecular formula is C14H19NO2S. The molecule has 3 nitrogen and oxygen atoms in total. The van der Waals surface area contributed by atoms with Crippen LogP contribution in [0.5, 0.6) is 0 Å². The lowest BCUT2D eigenvalue weighted by molar-refractivity contribution is -0.127. The average Bonchev–Trinajstić information content (AvgIpc) is 2.87. The van der Waals surface area contributed by atoms with E-state index < -0.39 is 0 Å². The van der Waals surface area contributed by atoms with Crippen molar-refractivity contribution < 1.29 is 9.59 Å². The van der Waals surface area contributed by atoms with Crippen LogP contribution in [-0.4, -0.2) is 29.7 Å². The van der Waals surface area contributed by atoms with E-state index in [1.54, 1.807) is 4.90 Å². The number of Topliss-reactive ketones (excluding diaryl/α,β-unsaturated/α-hetero) is 1. The fourth-order valence-electron chi connectivity index (χ4n) is 2.19. The van der Waals surface area contributed by atoms with Gasteiger partial charge in [-0.2, -0.15) is 0 Å². The summed E-state index contributed by atoms with van der Waals surface area (Å²) in [5, 5.41) is 1.89. The maximum atomic E-state index is 12.0. The standard InChI is InChI=1S/C14H19NO2S/c1-14(2,3)10-7-13(17)15(8-10)9-11(16)12-5-4-6-18-12/h4-6,10H,7-9H2,1-3H3. The summed E-state index contributed by atoms with van der Waals surface area (Å²) < 4.78 is 0. The van der Waals surface area contributed by atoms with Crippen molar-refractivity contribution in [1.29, 1.82) is 0 Å². The summed E-state index contributed by atoms with van der Waals surface area (Å²) in [7, 11) is 0. The van der Waals surface area contributed by atoms with Gasteiger partial charge in [0.1, 0.15) is 0 Å². The lowest BCUT2D eigenvalue weighted by Crippen LogP contribution is -2.32. The molecule has 2 heterocycles. The number of likely N-dealkylation sites (tertiary alicyclic amines) is 1. The van der Waals surface area contributed by atoms with Crippen LogP contribution in [0.15, 0.2) is 17.5 Å². The van der Waals surface area contributed by atoms with Crippen LogP contribution < -0.4 is 0 Å². The fraction of sp³-hybridized carbons (Fsp3) is 0.571. The molecule has 4 heteroatoms. The molecule has 1 saturated heterocycles. The molecule has 0 aromatic carbocycles. The second-order valence-electron chi connectivity index (χ2n) is 5.94. The van der Waals surface area contributed by atoms with Gasteiger partial charge in [-0.15, -0.1) is 11.3 Å². The van der Waals surface area contributed by atoms with Gasteiger partial charge in [0.25, 0.3) is 0 Å². The van der Waals surface area contributed by atoms with E-state index in [0.717, 1.165) is 4.88 Å². The molecule has 1 aliphatic heterocycles. The Morgan fingerprint density at radius 2 is 2.22 bits per heavy atom. The second kappa shape index (κ2) is 4.84. The minimum atomic E-state index is 0.0490. The zero-order valence-corrected chi connectivity index (χ0v) is 11.9. The van der Waals surface area contributed by atoms with Crippen LogP contribution in [0.4, 0.5) is 0 Å². The van der Waals surface area contributed by atoms with E-state index >= 15 is 0 Å². The van der Waals surface area contributed by atoms with Crippen molar-refractivity contribution in [3.8, 4) is 0 Å². The Hall–Kier alpha value is -1.16. The number of ketones is 1. The molecule has 0 radical (unpaired) electrons. The fourth-order valence-corrected chi connectivity index (χ4v) is 2.85. The van der Waals surface area contributed by atoms with E-state index in [9.17, 15) is 9.59 Å². The Labute approximate surface area is 112 Å². The van der Waals surface area contributed by atoms with Crippen LogP contribution >= 0.6 is 11.3 Å². The van der Waals surface area contributed by atoms with Gasteiger partial charge < -0.3 is 4.90 Å². The van der Waals surface area contributed by atoms with Gasteiger partial charge in [-0.1, -0.05) is 26.8 Å². The Morgan fingerprint density at radius 3 is 2.72 bits per heavy atom. The van der Waals surface area contributed by atoms with Crippen molar-refractivity contribution in [2.24, 2.45) is 11.3 Å². The third kappa shape index (κ3) is 2.80. The van der Waals surface area contributed by atoms with Crippen molar-refractivity contribution >= 4 is 23.0 Å².